The standard InChI is InChI=1S/C17H25N5O2/c18-17-19-14(11-7-13(23)8-11)9-15(20-17)21-5-6-22(16(24)10-21)12-3-1-2-4-12/h9,11-13,23H,1-8,10H2,(H2,18,19,20). The van der Waals surface area contributed by atoms with Gasteiger partial charge in [-0.2, -0.15) is 4.98 Å². The quantitative estimate of drug-likeness (QED) is 0.854. The number of rotatable bonds is 3. The van der Waals surface area contributed by atoms with E-state index in [1.54, 1.807) is 0 Å². The highest BCUT2D eigenvalue weighted by Crippen LogP contribution is 2.37. The van der Waals surface area contributed by atoms with Gasteiger partial charge in [-0.1, -0.05) is 12.8 Å². The molecule has 0 atom stereocenters. The Morgan fingerprint density at radius 3 is 2.58 bits per heavy atom. The molecule has 1 aliphatic heterocycles. The van der Waals surface area contributed by atoms with Crippen LogP contribution in [0.2, 0.25) is 0 Å². The molecule has 1 aromatic rings. The molecule has 130 valence electrons. The van der Waals surface area contributed by atoms with Gasteiger partial charge in [0.2, 0.25) is 11.9 Å². The molecule has 3 N–H and O–H groups in total. The lowest BCUT2D eigenvalue weighted by atomic mass is 9.80. The first kappa shape index (κ1) is 15.6. The number of aliphatic hydroxyl groups excluding tert-OH is 1. The summed E-state index contributed by atoms with van der Waals surface area (Å²) in [7, 11) is 0. The second-order valence-electron chi connectivity index (χ2n) is 7.28. The summed E-state index contributed by atoms with van der Waals surface area (Å²) in [6.07, 6.45) is 5.97. The summed E-state index contributed by atoms with van der Waals surface area (Å²) in [5.41, 5.74) is 6.75. The van der Waals surface area contributed by atoms with E-state index in [1.807, 2.05) is 11.0 Å². The van der Waals surface area contributed by atoms with Gasteiger partial charge in [0, 0.05) is 31.1 Å². The highest BCUT2D eigenvalue weighted by molar-refractivity contribution is 5.83. The van der Waals surface area contributed by atoms with Crippen molar-refractivity contribution in [2.24, 2.45) is 0 Å². The summed E-state index contributed by atoms with van der Waals surface area (Å²) in [5, 5.41) is 9.50. The van der Waals surface area contributed by atoms with Crippen LogP contribution in [0.1, 0.15) is 50.1 Å². The Bertz CT molecular complexity index is 625. The fraction of sp³-hybridized carbons (Fsp3) is 0.706. The Kier molecular flexibility index (Phi) is 4.04. The molecule has 3 aliphatic rings. The minimum Gasteiger partial charge on any atom is -0.393 e. The minimum absolute atomic E-state index is 0.186. The zero-order chi connectivity index (χ0) is 16.7. The van der Waals surface area contributed by atoms with Crippen molar-refractivity contribution < 1.29 is 9.90 Å². The molecule has 4 rings (SSSR count). The first-order valence-corrected chi connectivity index (χ1v) is 8.97. The van der Waals surface area contributed by atoms with E-state index in [2.05, 4.69) is 14.9 Å². The van der Waals surface area contributed by atoms with Gasteiger partial charge in [0.05, 0.1) is 18.3 Å². The number of anilines is 2. The van der Waals surface area contributed by atoms with Gasteiger partial charge in [0.1, 0.15) is 5.82 Å². The summed E-state index contributed by atoms with van der Waals surface area (Å²) in [6, 6.07) is 2.37. The van der Waals surface area contributed by atoms with Crippen LogP contribution in [0.15, 0.2) is 6.07 Å². The molecule has 0 unspecified atom stereocenters. The molecular weight excluding hydrogens is 306 g/mol. The van der Waals surface area contributed by atoms with Crippen molar-refractivity contribution in [1.29, 1.82) is 0 Å². The van der Waals surface area contributed by atoms with Crippen LogP contribution in [0.5, 0.6) is 0 Å². The van der Waals surface area contributed by atoms with Gasteiger partial charge < -0.3 is 20.6 Å². The number of hydrogen-bond acceptors (Lipinski definition) is 6. The topological polar surface area (TPSA) is 95.6 Å². The second kappa shape index (κ2) is 6.20. The molecule has 3 fully saturated rings. The van der Waals surface area contributed by atoms with E-state index < -0.39 is 0 Å². The molecule has 1 aromatic heterocycles. The number of carbonyl (C=O) groups is 1. The number of nitrogens with two attached hydrogens (primary N) is 1. The van der Waals surface area contributed by atoms with Crippen molar-refractivity contribution in [3.63, 3.8) is 0 Å². The largest absolute Gasteiger partial charge is 0.393 e. The number of aliphatic hydroxyl groups is 1. The van der Waals surface area contributed by atoms with Crippen LogP contribution >= 0.6 is 0 Å². The number of nitrogens with zero attached hydrogens (tertiary/aromatic N) is 4. The molecule has 7 nitrogen and oxygen atoms in total. The summed E-state index contributed by atoms with van der Waals surface area (Å²) in [5.74, 6) is 1.42. The van der Waals surface area contributed by atoms with Gasteiger partial charge in [-0.25, -0.2) is 4.98 Å². The fourth-order valence-electron chi connectivity index (χ4n) is 4.16. The van der Waals surface area contributed by atoms with Crippen LogP contribution in [0.3, 0.4) is 0 Å². The molecule has 2 heterocycles. The van der Waals surface area contributed by atoms with Gasteiger partial charge in [-0.15, -0.1) is 0 Å². The number of piperazine rings is 1. The number of amides is 1. The Labute approximate surface area is 141 Å². The third kappa shape index (κ3) is 2.92. The average molecular weight is 331 g/mol. The molecule has 0 radical (unpaired) electrons. The van der Waals surface area contributed by atoms with E-state index in [0.717, 1.165) is 50.3 Å². The van der Waals surface area contributed by atoms with Crippen LogP contribution in [-0.2, 0) is 4.79 Å². The summed E-state index contributed by atoms with van der Waals surface area (Å²) in [6.45, 7) is 1.90. The fourth-order valence-corrected chi connectivity index (χ4v) is 4.16. The highest BCUT2D eigenvalue weighted by atomic mass is 16.3. The van der Waals surface area contributed by atoms with Gasteiger partial charge in [0.15, 0.2) is 0 Å². The van der Waals surface area contributed by atoms with Crippen LogP contribution < -0.4 is 10.6 Å². The van der Waals surface area contributed by atoms with E-state index in [4.69, 9.17) is 5.73 Å². The molecule has 1 amide bonds. The summed E-state index contributed by atoms with van der Waals surface area (Å²) < 4.78 is 0. The summed E-state index contributed by atoms with van der Waals surface area (Å²) >= 11 is 0. The molecular formula is C17H25N5O2. The lowest BCUT2D eigenvalue weighted by molar-refractivity contribution is -0.133. The third-order valence-electron chi connectivity index (χ3n) is 5.63. The van der Waals surface area contributed by atoms with Crippen molar-refractivity contribution in [3.05, 3.63) is 11.8 Å². The van der Waals surface area contributed by atoms with Crippen molar-refractivity contribution in [2.75, 3.05) is 30.3 Å². The van der Waals surface area contributed by atoms with Crippen LogP contribution in [0.25, 0.3) is 0 Å². The molecule has 2 saturated carbocycles. The van der Waals surface area contributed by atoms with Crippen LogP contribution in [0, 0.1) is 0 Å². The van der Waals surface area contributed by atoms with E-state index >= 15 is 0 Å². The Hall–Kier alpha value is -1.89. The Morgan fingerprint density at radius 1 is 1.17 bits per heavy atom. The molecule has 7 heteroatoms. The maximum atomic E-state index is 12.6. The van der Waals surface area contributed by atoms with Crippen LogP contribution in [0.4, 0.5) is 11.8 Å². The van der Waals surface area contributed by atoms with Gasteiger partial charge >= 0.3 is 0 Å². The number of carbonyl (C=O) groups excluding carboxylic acids is 1. The van der Waals surface area contributed by atoms with Crippen LogP contribution in [-0.4, -0.2) is 57.7 Å². The molecule has 1 saturated heterocycles. The van der Waals surface area contributed by atoms with Crippen molar-refractivity contribution in [3.8, 4) is 0 Å². The predicted molar refractivity (Wildman–Crippen MR) is 90.6 cm³/mol. The molecule has 2 aliphatic carbocycles. The SMILES string of the molecule is Nc1nc(C2CC(O)C2)cc(N2CCN(C3CCCC3)C(=O)C2)n1. The number of aromatic nitrogens is 2. The zero-order valence-electron chi connectivity index (χ0n) is 13.9. The van der Waals surface area contributed by atoms with Crippen molar-refractivity contribution in [1.82, 2.24) is 14.9 Å². The van der Waals surface area contributed by atoms with E-state index in [9.17, 15) is 9.90 Å². The first-order chi connectivity index (χ1) is 11.6. The number of nitrogen functional groups attached to an aromatic ring is 1. The summed E-state index contributed by atoms with van der Waals surface area (Å²) in [4.78, 5) is 25.3. The average Bonchev–Trinajstić information content (AvgIpc) is 3.05. The normalized spacial score (nSPS) is 28.3. The zero-order valence-corrected chi connectivity index (χ0v) is 13.9. The molecule has 24 heavy (non-hydrogen) atoms. The van der Waals surface area contributed by atoms with Crippen molar-refractivity contribution in [2.45, 2.75) is 56.6 Å². The first-order valence-electron chi connectivity index (χ1n) is 8.97. The predicted octanol–water partition coefficient (Wildman–Crippen LogP) is 0.888. The Morgan fingerprint density at radius 2 is 1.92 bits per heavy atom. The minimum atomic E-state index is -0.230. The third-order valence-corrected chi connectivity index (χ3v) is 5.63. The van der Waals surface area contributed by atoms with Crippen molar-refractivity contribution >= 4 is 17.7 Å². The lowest BCUT2D eigenvalue weighted by Gasteiger charge is -2.38. The molecule has 0 aromatic carbocycles. The number of hydrogen-bond donors (Lipinski definition) is 2. The highest BCUT2D eigenvalue weighted by Gasteiger charge is 2.33. The maximum absolute atomic E-state index is 12.6. The Balaban J connectivity index is 1.47. The maximum Gasteiger partial charge on any atom is 0.242 e. The van der Waals surface area contributed by atoms with Gasteiger partial charge in [-0.3, -0.25) is 4.79 Å². The van der Waals surface area contributed by atoms with E-state index in [1.165, 1.54) is 12.8 Å². The molecule has 0 spiro atoms. The second-order valence-corrected chi connectivity index (χ2v) is 7.28. The smallest absolute Gasteiger partial charge is 0.242 e. The van der Waals surface area contributed by atoms with E-state index in [-0.39, 0.29) is 23.9 Å². The van der Waals surface area contributed by atoms with Gasteiger partial charge in [0.25, 0.3) is 0 Å². The lowest BCUT2D eigenvalue weighted by Crippen LogP contribution is -2.53. The van der Waals surface area contributed by atoms with Gasteiger partial charge in [-0.05, 0) is 25.7 Å². The van der Waals surface area contributed by atoms with E-state index in [0.29, 0.717) is 12.6 Å². The molecule has 0 bridgehead atoms. The monoisotopic (exact) mass is 331 g/mol.